The molecule has 0 spiro atoms. The van der Waals surface area contributed by atoms with Crippen LogP contribution in [0.25, 0.3) is 22.3 Å². The van der Waals surface area contributed by atoms with E-state index in [4.69, 9.17) is 20.9 Å². The fraction of sp³-hybridized carbons (Fsp3) is 0.362. The number of aryl methyl sites for hydroxylation is 1. The number of hydrogen-bond donors (Lipinski definition) is 7. The number of nitrogens with one attached hydrogen (secondary N) is 4. The maximum Gasteiger partial charge on any atom is 0.251 e. The van der Waals surface area contributed by atoms with Crippen LogP contribution in [0, 0.1) is 0 Å². The highest BCUT2D eigenvalue weighted by atomic mass is 16.5. The Kier molecular flexibility index (Phi) is 18.8. The summed E-state index contributed by atoms with van der Waals surface area (Å²) in [7, 11) is 2.92. The molecular weight excluding hydrogens is 805 g/mol. The Morgan fingerprint density at radius 1 is 0.794 bits per heavy atom. The smallest absolute Gasteiger partial charge is 0.251 e. The van der Waals surface area contributed by atoms with Crippen LogP contribution in [0.15, 0.2) is 84.9 Å². The van der Waals surface area contributed by atoms with E-state index in [1.165, 1.54) is 38.4 Å². The number of carbonyl (C=O) groups excluding carboxylic acids is 6. The molecule has 336 valence electrons. The van der Waals surface area contributed by atoms with Gasteiger partial charge in [0.2, 0.25) is 29.5 Å². The number of nitrogens with zero attached hydrogens (tertiary/aromatic N) is 1. The van der Waals surface area contributed by atoms with Crippen molar-refractivity contribution in [2.75, 3.05) is 46.9 Å². The Hall–Kier alpha value is -6.62. The second-order valence-corrected chi connectivity index (χ2v) is 14.9. The number of carbonyl (C=O) groups is 6. The van der Waals surface area contributed by atoms with Crippen molar-refractivity contribution in [3.63, 3.8) is 0 Å². The van der Waals surface area contributed by atoms with Crippen LogP contribution < -0.4 is 47.9 Å². The van der Waals surface area contributed by atoms with Crippen molar-refractivity contribution in [1.82, 2.24) is 26.2 Å². The first-order valence-corrected chi connectivity index (χ1v) is 21.0. The van der Waals surface area contributed by atoms with E-state index in [1.54, 1.807) is 48.5 Å². The Balaban J connectivity index is 0.00000429. The predicted molar refractivity (Wildman–Crippen MR) is 241 cm³/mol. The standard InChI is InChI=1S/C46H55N7O8.CH5N/c1-5-6-7-30-8-11-32(12-9-30)33-13-15-34(16-14-33)44(57)49-27-41(55)53(4)42-35-17-19-40(61-23-21-48)37(26-35)36-24-31(10-18-39(36)60-22-20-47)25-38(45(58)51-29(3)54)52-43(56)28(2)50-46(42)59;1-2/h8-19,24,26,28,38,42H,5-7,20-23,25,27,47-48H2,1-4H3,(H,49,57)(H,50,59)(H,52,56)(H,51,54,58);2H2,1H3/t28-,38?,42?;/m0./s1. The summed E-state index contributed by atoms with van der Waals surface area (Å²) in [5.41, 5.74) is 21.6. The molecule has 0 saturated carbocycles. The lowest BCUT2D eigenvalue weighted by atomic mass is 9.93. The van der Waals surface area contributed by atoms with E-state index in [0.29, 0.717) is 39.3 Å². The zero-order valence-electron chi connectivity index (χ0n) is 36.6. The quantitative estimate of drug-likeness (QED) is 0.0916. The lowest BCUT2D eigenvalue weighted by Crippen LogP contribution is -2.55. The van der Waals surface area contributed by atoms with Gasteiger partial charge in [-0.3, -0.25) is 34.1 Å². The Morgan fingerprint density at radius 3 is 1.97 bits per heavy atom. The highest BCUT2D eigenvalue weighted by Gasteiger charge is 2.33. The zero-order valence-corrected chi connectivity index (χ0v) is 36.6. The molecule has 5 rings (SSSR count). The third kappa shape index (κ3) is 13.4. The molecule has 16 nitrogen and oxygen atoms in total. The molecule has 6 amide bonds. The van der Waals surface area contributed by atoms with Crippen molar-refractivity contribution in [2.24, 2.45) is 17.2 Å². The molecule has 4 aromatic carbocycles. The van der Waals surface area contributed by atoms with E-state index in [9.17, 15) is 28.8 Å². The molecule has 3 atom stereocenters. The first kappa shape index (κ1) is 49.0. The van der Waals surface area contributed by atoms with Gasteiger partial charge in [-0.25, -0.2) is 0 Å². The summed E-state index contributed by atoms with van der Waals surface area (Å²) in [6.45, 7) is 5.05. The SMILES string of the molecule is CCCCc1ccc(-c2ccc(C(=O)NCC(=O)N(C)C3C(=O)N[C@@H](C)C(=O)NC(C(=O)NC(C)=O)Cc4ccc(OCCN)c(c4)-c4cc3ccc4OCCN)cc2)cc1.CN. The number of fused-ring (bicyclic) bond motifs is 5. The van der Waals surface area contributed by atoms with Crippen LogP contribution in [0.4, 0.5) is 0 Å². The van der Waals surface area contributed by atoms with Crippen LogP contribution in [0.1, 0.15) is 66.7 Å². The summed E-state index contributed by atoms with van der Waals surface area (Å²) < 4.78 is 12.1. The molecule has 0 fully saturated rings. The molecule has 1 heterocycles. The molecular formula is C47H60N8O8. The van der Waals surface area contributed by atoms with Crippen LogP contribution in [-0.2, 0) is 36.8 Å². The van der Waals surface area contributed by atoms with Crippen LogP contribution in [0.5, 0.6) is 11.5 Å². The minimum absolute atomic E-state index is 0.0307. The van der Waals surface area contributed by atoms with Crippen molar-refractivity contribution < 1.29 is 38.2 Å². The molecule has 16 heteroatoms. The average Bonchev–Trinajstić information content (AvgIpc) is 3.29. The van der Waals surface area contributed by atoms with Crippen LogP contribution in [0.2, 0.25) is 0 Å². The van der Waals surface area contributed by atoms with Gasteiger partial charge in [-0.05, 0) is 91.0 Å². The highest BCUT2D eigenvalue weighted by Crippen LogP contribution is 2.40. The molecule has 2 unspecified atom stereocenters. The van der Waals surface area contributed by atoms with Crippen molar-refractivity contribution >= 4 is 35.4 Å². The number of ether oxygens (including phenoxy) is 2. The van der Waals surface area contributed by atoms with Crippen molar-refractivity contribution in [3.05, 3.63) is 107 Å². The molecule has 0 saturated heterocycles. The number of unbranched alkanes of at least 4 members (excludes halogenated alkanes) is 1. The number of likely N-dealkylation sites (N-methyl/N-ethyl adjacent to an activating group) is 1. The summed E-state index contributed by atoms with van der Waals surface area (Å²) >= 11 is 0. The third-order valence-corrected chi connectivity index (χ3v) is 10.2. The van der Waals surface area contributed by atoms with Crippen molar-refractivity contribution in [3.8, 4) is 33.8 Å². The Bertz CT molecular complexity index is 2210. The van der Waals surface area contributed by atoms with E-state index in [2.05, 4.69) is 58.2 Å². The number of amides is 6. The predicted octanol–water partition coefficient (Wildman–Crippen LogP) is 2.75. The molecule has 10 N–H and O–H groups in total. The van der Waals surface area contributed by atoms with Crippen molar-refractivity contribution in [1.29, 1.82) is 0 Å². The number of rotatable bonds is 15. The summed E-state index contributed by atoms with van der Waals surface area (Å²) in [5.74, 6) is -3.10. The second-order valence-electron chi connectivity index (χ2n) is 14.9. The monoisotopic (exact) mass is 864 g/mol. The van der Waals surface area contributed by atoms with Gasteiger partial charge in [-0.1, -0.05) is 61.9 Å². The molecule has 0 radical (unpaired) electrons. The minimum atomic E-state index is -1.33. The van der Waals surface area contributed by atoms with E-state index in [1.807, 2.05) is 12.1 Å². The number of imide groups is 1. The Labute approximate surface area is 368 Å². The lowest BCUT2D eigenvalue weighted by Gasteiger charge is -2.30. The van der Waals surface area contributed by atoms with E-state index < -0.39 is 60.1 Å². The van der Waals surface area contributed by atoms with Gasteiger partial charge in [0.05, 0.1) is 6.54 Å². The Morgan fingerprint density at radius 2 is 1.38 bits per heavy atom. The van der Waals surface area contributed by atoms with E-state index >= 15 is 0 Å². The normalized spacial score (nSPS) is 15.8. The van der Waals surface area contributed by atoms with Gasteiger partial charge in [-0.15, -0.1) is 0 Å². The molecule has 63 heavy (non-hydrogen) atoms. The first-order chi connectivity index (χ1) is 30.3. The van der Waals surface area contributed by atoms with Gasteiger partial charge in [0.1, 0.15) is 42.8 Å². The van der Waals surface area contributed by atoms with Crippen molar-refractivity contribution in [2.45, 2.75) is 64.6 Å². The highest BCUT2D eigenvalue weighted by molar-refractivity contribution is 6.00. The van der Waals surface area contributed by atoms with Crippen LogP contribution in [-0.4, -0.2) is 99.4 Å². The minimum Gasteiger partial charge on any atom is -0.492 e. The summed E-state index contributed by atoms with van der Waals surface area (Å²) in [6, 6.07) is 21.8. The van der Waals surface area contributed by atoms with Gasteiger partial charge >= 0.3 is 0 Å². The summed E-state index contributed by atoms with van der Waals surface area (Å²) in [6.07, 6.45) is 3.24. The van der Waals surface area contributed by atoms with Gasteiger partial charge in [0.25, 0.3) is 5.91 Å². The molecule has 1 aliphatic heterocycles. The fourth-order valence-corrected chi connectivity index (χ4v) is 6.93. The number of benzene rings is 4. The van der Waals surface area contributed by atoms with Crippen LogP contribution in [0.3, 0.4) is 0 Å². The van der Waals surface area contributed by atoms with E-state index in [0.717, 1.165) is 30.4 Å². The maximum absolute atomic E-state index is 14.3. The molecule has 4 bridgehead atoms. The van der Waals surface area contributed by atoms with Gasteiger partial charge in [-0.2, -0.15) is 0 Å². The third-order valence-electron chi connectivity index (χ3n) is 10.2. The topological polar surface area (TPSA) is 250 Å². The van der Waals surface area contributed by atoms with Gasteiger partial charge in [0, 0.05) is 50.2 Å². The molecule has 4 aromatic rings. The lowest BCUT2D eigenvalue weighted by molar-refractivity contribution is -0.140. The van der Waals surface area contributed by atoms with Gasteiger partial charge < -0.3 is 47.5 Å². The average molecular weight is 865 g/mol. The fourth-order valence-electron chi connectivity index (χ4n) is 6.93. The molecule has 1 aliphatic rings. The summed E-state index contributed by atoms with van der Waals surface area (Å²) in [5, 5.41) is 10.2. The largest absolute Gasteiger partial charge is 0.492 e. The second kappa shape index (κ2) is 24.1. The van der Waals surface area contributed by atoms with E-state index in [-0.39, 0.29) is 32.7 Å². The molecule has 0 aromatic heterocycles. The number of hydrogen-bond acceptors (Lipinski definition) is 11. The maximum atomic E-state index is 14.3. The summed E-state index contributed by atoms with van der Waals surface area (Å²) in [4.78, 5) is 81.3. The van der Waals surface area contributed by atoms with Crippen LogP contribution >= 0.6 is 0 Å². The first-order valence-electron chi connectivity index (χ1n) is 21.0. The van der Waals surface area contributed by atoms with Gasteiger partial charge in [0.15, 0.2) is 0 Å². The number of nitrogens with two attached hydrogens (primary N) is 3. The molecule has 0 aliphatic carbocycles. The zero-order chi connectivity index (χ0) is 46.1.